The fourth-order valence-corrected chi connectivity index (χ4v) is 2.63. The lowest BCUT2D eigenvalue weighted by Gasteiger charge is -2.32. The van der Waals surface area contributed by atoms with Gasteiger partial charge in [-0.1, -0.05) is 12.1 Å². The van der Waals surface area contributed by atoms with Crippen molar-refractivity contribution >= 4 is 24.0 Å². The zero-order chi connectivity index (χ0) is 17.6. The Hall–Kier alpha value is -3.16. The summed E-state index contributed by atoms with van der Waals surface area (Å²) < 4.78 is 5.19. The number of anilines is 2. The molecule has 2 heterocycles. The third-order valence-corrected chi connectivity index (χ3v) is 4.03. The predicted octanol–water partition coefficient (Wildman–Crippen LogP) is 1.02. The van der Waals surface area contributed by atoms with E-state index in [9.17, 15) is 9.59 Å². The molecule has 0 atom stereocenters. The minimum absolute atomic E-state index is 0.306. The number of nitrogens with zero attached hydrogens (tertiary/aromatic N) is 4. The van der Waals surface area contributed by atoms with E-state index in [2.05, 4.69) is 20.4 Å². The number of ether oxygens (including phenoxy) is 1. The summed E-state index contributed by atoms with van der Waals surface area (Å²) in [6, 6.07) is 10.5. The van der Waals surface area contributed by atoms with Gasteiger partial charge in [0.15, 0.2) is 11.6 Å². The Labute approximate surface area is 145 Å². The Kier molecular flexibility index (Phi) is 5.08. The molecule has 25 heavy (non-hydrogen) atoms. The van der Waals surface area contributed by atoms with Crippen LogP contribution in [0, 0.1) is 0 Å². The lowest BCUT2D eigenvalue weighted by atomic mass is 10.2. The molecule has 0 radical (unpaired) electrons. The van der Waals surface area contributed by atoms with E-state index < -0.39 is 0 Å². The van der Waals surface area contributed by atoms with Gasteiger partial charge in [0, 0.05) is 26.2 Å². The summed E-state index contributed by atoms with van der Waals surface area (Å²) in [5.41, 5.74) is 0.431. The van der Waals surface area contributed by atoms with Crippen LogP contribution in [0.1, 0.15) is 10.4 Å². The molecule has 2 aromatic rings. The zero-order valence-corrected chi connectivity index (χ0v) is 13.9. The summed E-state index contributed by atoms with van der Waals surface area (Å²) in [5.74, 6) is 1.28. The molecule has 1 N–H and O–H groups in total. The summed E-state index contributed by atoms with van der Waals surface area (Å²) in [6.45, 7) is 2.75. The summed E-state index contributed by atoms with van der Waals surface area (Å²) in [6.07, 6.45) is 0.861. The Morgan fingerprint density at radius 2 is 1.88 bits per heavy atom. The van der Waals surface area contributed by atoms with Gasteiger partial charge in [-0.2, -0.15) is 0 Å². The molecule has 1 aromatic heterocycles. The highest BCUT2D eigenvalue weighted by Gasteiger charge is 2.17. The number of carbonyl (C=O) groups is 2. The van der Waals surface area contributed by atoms with Gasteiger partial charge in [0.2, 0.25) is 6.41 Å². The maximum absolute atomic E-state index is 12.3. The first kappa shape index (κ1) is 16.7. The summed E-state index contributed by atoms with van der Waals surface area (Å²) in [4.78, 5) is 26.9. The molecule has 0 bridgehead atoms. The Morgan fingerprint density at radius 1 is 1.12 bits per heavy atom. The molecule has 1 fully saturated rings. The van der Waals surface area contributed by atoms with E-state index in [1.165, 1.54) is 7.11 Å². The molecule has 0 unspecified atom stereocenters. The van der Waals surface area contributed by atoms with E-state index in [-0.39, 0.29) is 5.91 Å². The number of nitrogens with one attached hydrogen (secondary N) is 1. The fourth-order valence-electron chi connectivity index (χ4n) is 2.63. The molecule has 130 valence electrons. The zero-order valence-electron chi connectivity index (χ0n) is 13.9. The monoisotopic (exact) mass is 341 g/mol. The Bertz CT molecular complexity index is 742. The van der Waals surface area contributed by atoms with E-state index in [0.717, 1.165) is 12.2 Å². The van der Waals surface area contributed by atoms with Crippen molar-refractivity contribution in [1.82, 2.24) is 15.1 Å². The average molecular weight is 341 g/mol. The molecule has 0 saturated carbocycles. The first-order valence-corrected chi connectivity index (χ1v) is 7.93. The number of rotatable bonds is 5. The van der Waals surface area contributed by atoms with Gasteiger partial charge in [-0.15, -0.1) is 10.2 Å². The molecular weight excluding hydrogens is 322 g/mol. The maximum Gasteiger partial charge on any atom is 0.260 e. The number of amides is 2. The van der Waals surface area contributed by atoms with Crippen LogP contribution in [0.4, 0.5) is 11.6 Å². The Balaban J connectivity index is 1.65. The summed E-state index contributed by atoms with van der Waals surface area (Å²) in [7, 11) is 1.52. The van der Waals surface area contributed by atoms with Gasteiger partial charge >= 0.3 is 0 Å². The Morgan fingerprint density at radius 3 is 2.52 bits per heavy atom. The van der Waals surface area contributed by atoms with Crippen LogP contribution in [-0.4, -0.2) is 60.7 Å². The first-order valence-electron chi connectivity index (χ1n) is 7.93. The summed E-state index contributed by atoms with van der Waals surface area (Å²) in [5, 5.41) is 10.9. The van der Waals surface area contributed by atoms with Gasteiger partial charge in [-0.25, -0.2) is 0 Å². The van der Waals surface area contributed by atoms with Crippen molar-refractivity contribution in [2.75, 3.05) is 43.5 Å². The highest BCUT2D eigenvalue weighted by atomic mass is 16.5. The third-order valence-electron chi connectivity index (χ3n) is 4.03. The molecule has 0 spiro atoms. The molecule has 8 heteroatoms. The second-order valence-electron chi connectivity index (χ2n) is 5.56. The van der Waals surface area contributed by atoms with E-state index >= 15 is 0 Å². The van der Waals surface area contributed by atoms with Crippen LogP contribution in [0.2, 0.25) is 0 Å². The van der Waals surface area contributed by atoms with Crippen LogP contribution in [0.25, 0.3) is 0 Å². The molecule has 3 rings (SSSR count). The minimum Gasteiger partial charge on any atom is -0.496 e. The van der Waals surface area contributed by atoms with Gasteiger partial charge in [-0.3, -0.25) is 9.59 Å². The van der Waals surface area contributed by atoms with Crippen LogP contribution in [0.15, 0.2) is 36.4 Å². The van der Waals surface area contributed by atoms with E-state index in [0.29, 0.717) is 43.3 Å². The van der Waals surface area contributed by atoms with Crippen molar-refractivity contribution in [2.24, 2.45) is 0 Å². The van der Waals surface area contributed by atoms with Crippen LogP contribution >= 0.6 is 0 Å². The summed E-state index contributed by atoms with van der Waals surface area (Å²) >= 11 is 0. The predicted molar refractivity (Wildman–Crippen MR) is 92.8 cm³/mol. The van der Waals surface area contributed by atoms with Crippen molar-refractivity contribution in [1.29, 1.82) is 0 Å². The smallest absolute Gasteiger partial charge is 0.260 e. The van der Waals surface area contributed by atoms with E-state index in [1.807, 2.05) is 0 Å². The van der Waals surface area contributed by atoms with Crippen LogP contribution in [0.5, 0.6) is 5.75 Å². The lowest BCUT2D eigenvalue weighted by molar-refractivity contribution is -0.118. The second kappa shape index (κ2) is 7.61. The van der Waals surface area contributed by atoms with Crippen LogP contribution in [-0.2, 0) is 4.79 Å². The SMILES string of the molecule is COc1ccccc1C(=O)Nc1ccc(N2CCN(C=O)CC2)nn1. The lowest BCUT2D eigenvalue weighted by Crippen LogP contribution is -2.46. The highest BCUT2D eigenvalue weighted by Crippen LogP contribution is 2.19. The number of para-hydroxylation sites is 1. The maximum atomic E-state index is 12.3. The molecule has 1 aliphatic rings. The third kappa shape index (κ3) is 3.85. The number of carbonyl (C=O) groups excluding carboxylic acids is 2. The quantitative estimate of drug-likeness (QED) is 0.817. The second-order valence-corrected chi connectivity index (χ2v) is 5.56. The van der Waals surface area contributed by atoms with Gasteiger partial charge in [0.1, 0.15) is 5.75 Å². The van der Waals surface area contributed by atoms with Gasteiger partial charge in [-0.05, 0) is 24.3 Å². The number of aromatic nitrogens is 2. The molecule has 1 aromatic carbocycles. The number of methoxy groups -OCH3 is 1. The number of benzene rings is 1. The molecule has 0 aliphatic carbocycles. The first-order chi connectivity index (χ1) is 12.2. The molecular formula is C17H19N5O3. The molecule has 1 aliphatic heterocycles. The van der Waals surface area contributed by atoms with Crippen LogP contribution < -0.4 is 15.0 Å². The van der Waals surface area contributed by atoms with Crippen molar-refractivity contribution in [3.8, 4) is 5.75 Å². The largest absolute Gasteiger partial charge is 0.496 e. The number of hydrogen-bond acceptors (Lipinski definition) is 6. The average Bonchev–Trinajstić information content (AvgIpc) is 2.68. The number of piperazine rings is 1. The van der Waals surface area contributed by atoms with Gasteiger partial charge in [0.05, 0.1) is 12.7 Å². The van der Waals surface area contributed by atoms with Crippen molar-refractivity contribution in [3.63, 3.8) is 0 Å². The number of hydrogen-bond donors (Lipinski definition) is 1. The van der Waals surface area contributed by atoms with Crippen LogP contribution in [0.3, 0.4) is 0 Å². The van der Waals surface area contributed by atoms with Crippen molar-refractivity contribution < 1.29 is 14.3 Å². The van der Waals surface area contributed by atoms with E-state index in [4.69, 9.17) is 4.74 Å². The molecule has 1 saturated heterocycles. The van der Waals surface area contributed by atoms with E-state index in [1.54, 1.807) is 41.3 Å². The molecule has 8 nitrogen and oxygen atoms in total. The molecule has 2 amide bonds. The van der Waals surface area contributed by atoms with Crippen molar-refractivity contribution in [2.45, 2.75) is 0 Å². The van der Waals surface area contributed by atoms with Gasteiger partial charge in [0.25, 0.3) is 5.91 Å². The standard InChI is InChI=1S/C17H19N5O3/c1-25-14-5-3-2-4-13(14)17(24)18-15-6-7-16(20-19-15)22-10-8-21(12-23)9-11-22/h2-7,12H,8-11H2,1H3,(H,18,19,24). The van der Waals surface area contributed by atoms with Crippen molar-refractivity contribution in [3.05, 3.63) is 42.0 Å². The normalized spacial score (nSPS) is 14.1. The minimum atomic E-state index is -0.306. The highest BCUT2D eigenvalue weighted by molar-refractivity contribution is 6.05. The topological polar surface area (TPSA) is 87.7 Å². The van der Waals surface area contributed by atoms with Gasteiger partial charge < -0.3 is 19.9 Å². The fraction of sp³-hybridized carbons (Fsp3) is 0.294.